The first-order valence-corrected chi connectivity index (χ1v) is 22.6. The summed E-state index contributed by atoms with van der Waals surface area (Å²) in [7, 11) is 0. The van der Waals surface area contributed by atoms with E-state index in [4.69, 9.17) is 0 Å². The molecule has 0 N–H and O–H groups in total. The summed E-state index contributed by atoms with van der Waals surface area (Å²) in [6, 6.07) is 60.2. The van der Waals surface area contributed by atoms with E-state index in [9.17, 15) is 0 Å². The van der Waals surface area contributed by atoms with Gasteiger partial charge in [-0.05, 0) is 60.1 Å². The van der Waals surface area contributed by atoms with Crippen molar-refractivity contribution in [2.75, 3.05) is 0 Å². The molecule has 0 amide bonds. The summed E-state index contributed by atoms with van der Waals surface area (Å²) in [4.78, 5) is 0. The van der Waals surface area contributed by atoms with Crippen molar-refractivity contribution >= 4 is 96.3 Å². The first kappa shape index (κ1) is 45.4. The van der Waals surface area contributed by atoms with Crippen molar-refractivity contribution in [2.45, 2.75) is 33.6 Å². The van der Waals surface area contributed by atoms with E-state index in [1.165, 1.54) is 127 Å². The van der Waals surface area contributed by atoms with Gasteiger partial charge in [-0.25, -0.2) is 0 Å². The first-order chi connectivity index (χ1) is 25.9. The molecule has 0 saturated carbocycles. The Labute approximate surface area is 368 Å². The minimum absolute atomic E-state index is 0. The maximum atomic E-state index is 3.06. The van der Waals surface area contributed by atoms with E-state index in [1.807, 2.05) is 0 Å². The van der Waals surface area contributed by atoms with Gasteiger partial charge in [0.2, 0.25) is 0 Å². The summed E-state index contributed by atoms with van der Waals surface area (Å²) < 4.78 is 0. The molecule has 0 unspecified atom stereocenters. The Morgan fingerprint density at radius 1 is 0.439 bits per heavy atom. The molecule has 0 aromatic heterocycles. The topological polar surface area (TPSA) is 0 Å². The average molecular weight is 875 g/mol. The molecular weight excluding hydrogens is 827 g/mol. The number of aryl methyl sites for hydroxylation is 2. The van der Waals surface area contributed by atoms with E-state index in [-0.39, 0.29) is 39.7 Å². The molecule has 0 nitrogen and oxygen atoms in total. The van der Waals surface area contributed by atoms with Crippen molar-refractivity contribution in [1.29, 1.82) is 0 Å². The van der Waals surface area contributed by atoms with Gasteiger partial charge >= 0.3 is 30.2 Å². The zero-order valence-corrected chi connectivity index (χ0v) is 38.6. The zero-order chi connectivity index (χ0) is 36.6. The van der Waals surface area contributed by atoms with Gasteiger partial charge in [-0.3, -0.25) is 0 Å². The molecule has 4 heteroatoms. The van der Waals surface area contributed by atoms with Gasteiger partial charge in [0.05, 0.1) is 0 Å². The van der Waals surface area contributed by atoms with Gasteiger partial charge < -0.3 is 14.9 Å². The fraction of sp³-hybridized carbons (Fsp3) is 0.0943. The molecule has 0 spiro atoms. The van der Waals surface area contributed by atoms with Crippen LogP contribution in [0.1, 0.15) is 36.5 Å². The van der Waals surface area contributed by atoms with Crippen LogP contribution in [0.4, 0.5) is 0 Å². The Morgan fingerprint density at radius 3 is 1.46 bits per heavy atom. The van der Waals surface area contributed by atoms with Gasteiger partial charge in [-0.15, -0.1) is 93.4 Å². The summed E-state index contributed by atoms with van der Waals surface area (Å²) in [5, 5.41) is 16.0. The number of halogens is 2. The number of benzene rings is 8. The number of fused-ring (bicyclic) bond motifs is 8. The third kappa shape index (κ3) is 8.48. The molecule has 0 atom stereocenters. The number of hydrogen-bond donors (Lipinski definition) is 0. The van der Waals surface area contributed by atoms with Crippen molar-refractivity contribution < 1.29 is 23.3 Å². The Morgan fingerprint density at radius 2 is 0.912 bits per heavy atom. The normalized spacial score (nSPS) is 10.5. The fourth-order valence-electron chi connectivity index (χ4n) is 8.20. The molecule has 0 saturated heterocycles. The second-order valence-electron chi connectivity index (χ2n) is 14.4. The molecule has 0 aliphatic rings. The summed E-state index contributed by atoms with van der Waals surface area (Å²) in [6.45, 7) is 12.0. The standard InChI is InChI=1S/C26H21.C25H19.2CH3.2ClH.Si.Zr/c1-17(2)20-15-19-8-5-10-24(26(19)16-20)23-12-6-11-22-21-9-4-3-7-18(21)13-14-25(22)23;1-16-14-24-17(2)10-12-23(25(24)15-16)21-9-5-8-20-19-7-4-3-6-18(19)11-13-22(20)21;;;;;;/h3-17H,1-2H3;3-15H,1-2H3;2*1H3;2*1H;;/q4*-1;;;;. The molecule has 286 valence electrons. The van der Waals surface area contributed by atoms with Crippen LogP contribution in [-0.2, 0) is 23.3 Å². The number of hydrogen-bond acceptors (Lipinski definition) is 0. The predicted octanol–water partition coefficient (Wildman–Crippen LogP) is 16.2. The number of rotatable bonds is 3. The van der Waals surface area contributed by atoms with Crippen molar-refractivity contribution in [3.8, 4) is 22.3 Å². The summed E-state index contributed by atoms with van der Waals surface area (Å²) in [5.41, 5.74) is 9.38. The van der Waals surface area contributed by atoms with Crippen molar-refractivity contribution in [1.82, 2.24) is 0 Å². The Bertz CT molecular complexity index is 2950. The van der Waals surface area contributed by atoms with Crippen LogP contribution in [0.2, 0.25) is 0 Å². The SMILES string of the molecule is CC(C)c1cc2c(-c3cccc4c3ccc3ccccc34)cccc2[cH-]1.Cc1cc2c(-c3cccc4c3ccc3ccccc34)ccc(C)c2[cH-]1.Cl.Cl.[CH3-].[CH3-].[Si]=[Zr]. The van der Waals surface area contributed by atoms with E-state index in [1.54, 1.807) is 0 Å². The summed E-state index contributed by atoms with van der Waals surface area (Å²) in [5.74, 6) is 0.548. The molecule has 10 aromatic carbocycles. The molecular formula is C53H48Cl2SiZr-4. The van der Waals surface area contributed by atoms with Crippen LogP contribution in [0.15, 0.2) is 164 Å². The van der Waals surface area contributed by atoms with Gasteiger partial charge in [-0.1, -0.05) is 160 Å². The monoisotopic (exact) mass is 872 g/mol. The summed E-state index contributed by atoms with van der Waals surface area (Å²) in [6.07, 6.45) is 0. The van der Waals surface area contributed by atoms with E-state index in [0.717, 1.165) is 0 Å². The van der Waals surface area contributed by atoms with Crippen LogP contribution in [-0.4, -0.2) is 6.88 Å². The molecule has 57 heavy (non-hydrogen) atoms. The molecule has 0 heterocycles. The van der Waals surface area contributed by atoms with Crippen molar-refractivity contribution in [2.24, 2.45) is 0 Å². The van der Waals surface area contributed by atoms with E-state index < -0.39 is 0 Å². The van der Waals surface area contributed by atoms with Gasteiger partial charge in [0.1, 0.15) is 0 Å². The average Bonchev–Trinajstić information content (AvgIpc) is 3.83. The van der Waals surface area contributed by atoms with Crippen molar-refractivity contribution in [3.05, 3.63) is 195 Å². The van der Waals surface area contributed by atoms with Crippen LogP contribution in [0.5, 0.6) is 0 Å². The van der Waals surface area contributed by atoms with Crippen molar-refractivity contribution in [3.63, 3.8) is 0 Å². The summed E-state index contributed by atoms with van der Waals surface area (Å²) >= 11 is 1.36. The molecule has 10 rings (SSSR count). The van der Waals surface area contributed by atoms with Crippen LogP contribution in [0.25, 0.3) is 86.9 Å². The third-order valence-electron chi connectivity index (χ3n) is 10.8. The molecule has 0 aliphatic heterocycles. The molecule has 10 aromatic rings. The van der Waals surface area contributed by atoms with E-state index in [0.29, 0.717) is 5.92 Å². The quantitative estimate of drug-likeness (QED) is 0.0942. The van der Waals surface area contributed by atoms with Gasteiger partial charge in [0, 0.05) is 0 Å². The minimum atomic E-state index is 0. The molecule has 0 fully saturated rings. The Hall–Kier alpha value is -4.30. The Balaban J connectivity index is 0.000000227. The van der Waals surface area contributed by atoms with Crippen LogP contribution in [0.3, 0.4) is 0 Å². The third-order valence-corrected chi connectivity index (χ3v) is 10.8. The Kier molecular flexibility index (Phi) is 15.5. The fourth-order valence-corrected chi connectivity index (χ4v) is 8.20. The van der Waals surface area contributed by atoms with Gasteiger partial charge in [0.25, 0.3) is 0 Å². The van der Waals surface area contributed by atoms with Crippen LogP contribution >= 0.6 is 24.8 Å². The molecule has 0 bridgehead atoms. The molecule has 2 radical (unpaired) electrons. The zero-order valence-electron chi connectivity index (χ0n) is 33.5. The van der Waals surface area contributed by atoms with E-state index >= 15 is 0 Å². The molecule has 0 aliphatic carbocycles. The second-order valence-corrected chi connectivity index (χ2v) is 14.4. The van der Waals surface area contributed by atoms with Crippen LogP contribution in [0, 0.1) is 28.7 Å². The predicted molar refractivity (Wildman–Crippen MR) is 257 cm³/mol. The van der Waals surface area contributed by atoms with E-state index in [2.05, 4.69) is 198 Å². The maximum absolute atomic E-state index is 3.06. The first-order valence-electron chi connectivity index (χ1n) is 18.4. The van der Waals surface area contributed by atoms with Crippen LogP contribution < -0.4 is 0 Å². The second kappa shape index (κ2) is 19.4. The van der Waals surface area contributed by atoms with Gasteiger partial charge in [-0.2, -0.15) is 12.1 Å². The van der Waals surface area contributed by atoms with Gasteiger partial charge in [0.15, 0.2) is 0 Å².